The number of esters is 1. The minimum absolute atomic E-state index is 0.282. The van der Waals surface area contributed by atoms with E-state index in [4.69, 9.17) is 14.2 Å². The van der Waals surface area contributed by atoms with E-state index in [0.717, 1.165) is 11.1 Å². The molecule has 0 heterocycles. The molecule has 0 aromatic heterocycles. The molecule has 2 aromatic rings. The van der Waals surface area contributed by atoms with Gasteiger partial charge >= 0.3 is 5.97 Å². The van der Waals surface area contributed by atoms with Crippen molar-refractivity contribution >= 4 is 11.9 Å². The molecule has 2 aromatic carbocycles. The molecule has 1 N–H and O–H groups in total. The fourth-order valence-electron chi connectivity index (χ4n) is 2.34. The maximum Gasteiger partial charge on any atom is 0.338 e. The third-order valence-electron chi connectivity index (χ3n) is 4.01. The summed E-state index contributed by atoms with van der Waals surface area (Å²) in [5.41, 5.74) is 3.64. The van der Waals surface area contributed by atoms with Gasteiger partial charge in [0.2, 0.25) is 0 Å². The summed E-state index contributed by atoms with van der Waals surface area (Å²) in [6.45, 7) is 4.09. The first-order valence-corrected chi connectivity index (χ1v) is 8.16. The summed E-state index contributed by atoms with van der Waals surface area (Å²) >= 11 is 0. The maximum atomic E-state index is 12.1. The van der Waals surface area contributed by atoms with Gasteiger partial charge in [-0.3, -0.25) is 4.79 Å². The van der Waals surface area contributed by atoms with Gasteiger partial charge in [-0.25, -0.2) is 4.79 Å². The molecule has 0 aliphatic heterocycles. The summed E-state index contributed by atoms with van der Waals surface area (Å²) in [4.78, 5) is 24.0. The second-order valence-electron chi connectivity index (χ2n) is 5.84. The Morgan fingerprint density at radius 1 is 0.923 bits per heavy atom. The largest absolute Gasteiger partial charge is 0.493 e. The zero-order valence-electron chi connectivity index (χ0n) is 15.4. The second-order valence-corrected chi connectivity index (χ2v) is 5.84. The molecule has 26 heavy (non-hydrogen) atoms. The smallest absolute Gasteiger partial charge is 0.338 e. The SMILES string of the molecule is COc1ccc(C(=O)OCC(=O)NCc2ccc(C)c(C)c2)cc1OC. The molecule has 6 nitrogen and oxygen atoms in total. The monoisotopic (exact) mass is 357 g/mol. The van der Waals surface area contributed by atoms with E-state index in [-0.39, 0.29) is 18.1 Å². The number of methoxy groups -OCH3 is 2. The van der Waals surface area contributed by atoms with Crippen LogP contribution in [-0.4, -0.2) is 32.7 Å². The van der Waals surface area contributed by atoms with Crippen molar-refractivity contribution in [3.63, 3.8) is 0 Å². The summed E-state index contributed by atoms with van der Waals surface area (Å²) < 4.78 is 15.3. The lowest BCUT2D eigenvalue weighted by Crippen LogP contribution is -2.28. The first-order chi connectivity index (χ1) is 12.4. The maximum absolute atomic E-state index is 12.1. The van der Waals surface area contributed by atoms with Crippen molar-refractivity contribution < 1.29 is 23.8 Å². The zero-order valence-corrected chi connectivity index (χ0v) is 15.4. The van der Waals surface area contributed by atoms with Gasteiger partial charge in [0.25, 0.3) is 5.91 Å². The number of benzene rings is 2. The molecule has 2 rings (SSSR count). The van der Waals surface area contributed by atoms with Crippen LogP contribution in [0.25, 0.3) is 0 Å². The van der Waals surface area contributed by atoms with Crippen molar-refractivity contribution in [2.75, 3.05) is 20.8 Å². The highest BCUT2D eigenvalue weighted by Crippen LogP contribution is 2.27. The first-order valence-electron chi connectivity index (χ1n) is 8.16. The minimum Gasteiger partial charge on any atom is -0.493 e. The van der Waals surface area contributed by atoms with Crippen molar-refractivity contribution in [1.82, 2.24) is 5.32 Å². The summed E-state index contributed by atoms with van der Waals surface area (Å²) in [5, 5.41) is 2.73. The van der Waals surface area contributed by atoms with Crippen LogP contribution in [0.2, 0.25) is 0 Å². The summed E-state index contributed by atoms with van der Waals surface area (Å²) in [7, 11) is 2.99. The number of hydrogen-bond donors (Lipinski definition) is 1. The van der Waals surface area contributed by atoms with Crippen LogP contribution in [0.1, 0.15) is 27.0 Å². The summed E-state index contributed by atoms with van der Waals surface area (Å²) in [5.74, 6) is -0.0411. The van der Waals surface area contributed by atoms with Crippen LogP contribution in [0, 0.1) is 13.8 Å². The van der Waals surface area contributed by atoms with Crippen LogP contribution in [0.5, 0.6) is 11.5 Å². The van der Waals surface area contributed by atoms with Gasteiger partial charge in [0, 0.05) is 6.54 Å². The number of rotatable bonds is 7. The number of carbonyl (C=O) groups is 2. The highest BCUT2D eigenvalue weighted by atomic mass is 16.5. The molecule has 138 valence electrons. The number of hydrogen-bond acceptors (Lipinski definition) is 5. The molecule has 0 unspecified atom stereocenters. The van der Waals surface area contributed by atoms with E-state index in [1.807, 2.05) is 32.0 Å². The van der Waals surface area contributed by atoms with Crippen molar-refractivity contribution in [1.29, 1.82) is 0 Å². The van der Waals surface area contributed by atoms with Crippen LogP contribution >= 0.6 is 0 Å². The van der Waals surface area contributed by atoms with E-state index >= 15 is 0 Å². The quantitative estimate of drug-likeness (QED) is 0.772. The van der Waals surface area contributed by atoms with Gasteiger partial charge in [0.1, 0.15) is 0 Å². The molecular weight excluding hydrogens is 334 g/mol. The predicted octanol–water partition coefficient (Wildman–Crippen LogP) is 2.79. The van der Waals surface area contributed by atoms with E-state index in [1.54, 1.807) is 12.1 Å². The van der Waals surface area contributed by atoms with Gasteiger partial charge in [0.15, 0.2) is 18.1 Å². The standard InChI is InChI=1S/C20H23NO5/c1-13-5-6-15(9-14(13)2)11-21-19(22)12-26-20(23)16-7-8-17(24-3)18(10-16)25-4/h5-10H,11-12H2,1-4H3,(H,21,22). The molecule has 6 heteroatoms. The Balaban J connectivity index is 1.86. The van der Waals surface area contributed by atoms with Crippen molar-refractivity contribution in [2.45, 2.75) is 20.4 Å². The topological polar surface area (TPSA) is 73.9 Å². The fourth-order valence-corrected chi connectivity index (χ4v) is 2.34. The zero-order chi connectivity index (χ0) is 19.1. The number of aryl methyl sites for hydroxylation is 2. The highest BCUT2D eigenvalue weighted by molar-refractivity contribution is 5.92. The molecule has 1 amide bonds. The Labute approximate surface area is 153 Å². The van der Waals surface area contributed by atoms with Crippen LogP contribution in [0.4, 0.5) is 0 Å². The molecular formula is C20H23NO5. The van der Waals surface area contributed by atoms with Crippen LogP contribution < -0.4 is 14.8 Å². The summed E-state index contributed by atoms with van der Waals surface area (Å²) in [6.07, 6.45) is 0. The molecule has 0 saturated heterocycles. The van der Waals surface area contributed by atoms with E-state index in [0.29, 0.717) is 18.0 Å². The number of carbonyl (C=O) groups excluding carboxylic acids is 2. The van der Waals surface area contributed by atoms with Gasteiger partial charge in [-0.15, -0.1) is 0 Å². The molecule has 0 bridgehead atoms. The molecule has 0 fully saturated rings. The lowest BCUT2D eigenvalue weighted by Gasteiger charge is -2.10. The average molecular weight is 357 g/mol. The number of amides is 1. The number of nitrogens with one attached hydrogen (secondary N) is 1. The van der Waals surface area contributed by atoms with E-state index < -0.39 is 5.97 Å². The number of ether oxygens (including phenoxy) is 3. The molecule has 0 radical (unpaired) electrons. The molecule has 0 aliphatic carbocycles. The molecule has 0 spiro atoms. The van der Waals surface area contributed by atoms with Crippen molar-refractivity contribution in [2.24, 2.45) is 0 Å². The Kier molecular flexibility index (Phi) is 6.60. The first kappa shape index (κ1) is 19.3. The third kappa shape index (κ3) is 4.99. The Hall–Kier alpha value is -3.02. The van der Waals surface area contributed by atoms with Gasteiger partial charge in [0.05, 0.1) is 19.8 Å². The Morgan fingerprint density at radius 2 is 1.65 bits per heavy atom. The lowest BCUT2D eigenvalue weighted by molar-refractivity contribution is -0.124. The molecule has 0 atom stereocenters. The second kappa shape index (κ2) is 8.89. The molecule has 0 aliphatic rings. The van der Waals surface area contributed by atoms with Gasteiger partial charge in [-0.05, 0) is 48.7 Å². The average Bonchev–Trinajstić information content (AvgIpc) is 2.66. The van der Waals surface area contributed by atoms with Crippen molar-refractivity contribution in [3.8, 4) is 11.5 Å². The van der Waals surface area contributed by atoms with Crippen molar-refractivity contribution in [3.05, 3.63) is 58.7 Å². The van der Waals surface area contributed by atoms with E-state index in [1.165, 1.54) is 25.8 Å². The normalized spacial score (nSPS) is 10.2. The lowest BCUT2D eigenvalue weighted by atomic mass is 10.1. The van der Waals surface area contributed by atoms with Crippen LogP contribution in [0.15, 0.2) is 36.4 Å². The van der Waals surface area contributed by atoms with Crippen LogP contribution in [-0.2, 0) is 16.1 Å². The highest BCUT2D eigenvalue weighted by Gasteiger charge is 2.13. The van der Waals surface area contributed by atoms with Gasteiger partial charge < -0.3 is 19.5 Å². The Bertz CT molecular complexity index is 801. The third-order valence-corrected chi connectivity index (χ3v) is 4.01. The van der Waals surface area contributed by atoms with Crippen LogP contribution in [0.3, 0.4) is 0 Å². The predicted molar refractivity (Wildman–Crippen MR) is 97.6 cm³/mol. The Morgan fingerprint density at radius 3 is 2.31 bits per heavy atom. The molecule has 0 saturated carbocycles. The fraction of sp³-hybridized carbons (Fsp3) is 0.300. The van der Waals surface area contributed by atoms with Gasteiger partial charge in [-0.1, -0.05) is 18.2 Å². The summed E-state index contributed by atoms with van der Waals surface area (Å²) in [6, 6.07) is 10.7. The van der Waals surface area contributed by atoms with E-state index in [9.17, 15) is 9.59 Å². The van der Waals surface area contributed by atoms with Gasteiger partial charge in [-0.2, -0.15) is 0 Å². The minimum atomic E-state index is -0.604. The van der Waals surface area contributed by atoms with E-state index in [2.05, 4.69) is 5.32 Å².